The van der Waals surface area contributed by atoms with Crippen LogP contribution in [0.5, 0.6) is 0 Å². The van der Waals surface area contributed by atoms with Gasteiger partial charge in [0.1, 0.15) is 6.61 Å². The predicted octanol–water partition coefficient (Wildman–Crippen LogP) is 2.27. The van der Waals surface area contributed by atoms with E-state index in [0.29, 0.717) is 0 Å². The summed E-state index contributed by atoms with van der Waals surface area (Å²) in [5.41, 5.74) is 0.860. The van der Waals surface area contributed by atoms with E-state index in [4.69, 9.17) is 9.47 Å². The van der Waals surface area contributed by atoms with Crippen LogP contribution in [0, 0.1) is 0 Å². The third kappa shape index (κ3) is 6.13. The fourth-order valence-electron chi connectivity index (χ4n) is 1.89. The Kier molecular flexibility index (Phi) is 7.39. The van der Waals surface area contributed by atoms with Crippen LogP contribution in [0.4, 0.5) is 4.79 Å². The van der Waals surface area contributed by atoms with Gasteiger partial charge in [-0.2, -0.15) is 0 Å². The number of hydrogen-bond acceptors (Lipinski definition) is 5. The van der Waals surface area contributed by atoms with Crippen LogP contribution < -0.4 is 5.32 Å². The smallest absolute Gasteiger partial charge is 0.408 e. The Hall–Kier alpha value is -2.08. The molecule has 2 atom stereocenters. The van der Waals surface area contributed by atoms with Gasteiger partial charge in [0.2, 0.25) is 0 Å². The Morgan fingerprint density at radius 2 is 1.77 bits per heavy atom. The number of alkyl carbamates (subject to hydrolysis) is 1. The summed E-state index contributed by atoms with van der Waals surface area (Å²) in [5.74, 6) is -0.579. The molecule has 0 spiro atoms. The maximum atomic E-state index is 11.8. The SMILES string of the molecule is COC(=O)[C@@H](NC(=O)OCc1ccccc1)[C@H](C)OC(C)C. The lowest BCUT2D eigenvalue weighted by Crippen LogP contribution is -2.49. The first-order valence-electron chi connectivity index (χ1n) is 7.14. The second-order valence-corrected chi connectivity index (χ2v) is 5.10. The van der Waals surface area contributed by atoms with Gasteiger partial charge in [-0.15, -0.1) is 0 Å². The second kappa shape index (κ2) is 9.04. The summed E-state index contributed by atoms with van der Waals surface area (Å²) < 4.78 is 15.3. The number of rotatable bonds is 7. The van der Waals surface area contributed by atoms with Gasteiger partial charge in [-0.25, -0.2) is 9.59 Å². The van der Waals surface area contributed by atoms with Gasteiger partial charge in [0.15, 0.2) is 6.04 Å². The molecule has 0 aliphatic rings. The molecular formula is C16H23NO5. The van der Waals surface area contributed by atoms with Crippen molar-refractivity contribution < 1.29 is 23.8 Å². The van der Waals surface area contributed by atoms with Crippen molar-refractivity contribution in [2.24, 2.45) is 0 Å². The molecule has 0 aliphatic carbocycles. The van der Waals surface area contributed by atoms with Crippen LogP contribution in [0.15, 0.2) is 30.3 Å². The van der Waals surface area contributed by atoms with Gasteiger partial charge in [0, 0.05) is 0 Å². The molecule has 0 radical (unpaired) electrons. The fraction of sp³-hybridized carbons (Fsp3) is 0.500. The molecule has 1 aromatic carbocycles. The van der Waals surface area contributed by atoms with Gasteiger partial charge >= 0.3 is 12.1 Å². The predicted molar refractivity (Wildman–Crippen MR) is 81.2 cm³/mol. The third-order valence-electron chi connectivity index (χ3n) is 2.90. The molecule has 0 aromatic heterocycles. The second-order valence-electron chi connectivity index (χ2n) is 5.10. The Morgan fingerprint density at radius 3 is 2.32 bits per heavy atom. The molecule has 0 saturated heterocycles. The summed E-state index contributed by atoms with van der Waals surface area (Å²) in [7, 11) is 1.26. The van der Waals surface area contributed by atoms with Gasteiger partial charge in [-0.3, -0.25) is 0 Å². The summed E-state index contributed by atoms with van der Waals surface area (Å²) in [6, 6.07) is 8.35. The highest BCUT2D eigenvalue weighted by Gasteiger charge is 2.29. The minimum absolute atomic E-state index is 0.0794. The van der Waals surface area contributed by atoms with E-state index < -0.39 is 24.2 Å². The van der Waals surface area contributed by atoms with Crippen LogP contribution in [-0.4, -0.2) is 37.4 Å². The molecule has 1 aromatic rings. The van der Waals surface area contributed by atoms with Crippen molar-refractivity contribution in [2.45, 2.75) is 45.6 Å². The maximum absolute atomic E-state index is 11.8. The molecule has 0 saturated carbocycles. The number of esters is 1. The molecule has 6 nitrogen and oxygen atoms in total. The van der Waals surface area contributed by atoms with Gasteiger partial charge in [-0.1, -0.05) is 30.3 Å². The number of hydrogen-bond donors (Lipinski definition) is 1. The first-order valence-corrected chi connectivity index (χ1v) is 7.14. The van der Waals surface area contributed by atoms with E-state index in [9.17, 15) is 9.59 Å². The molecule has 0 unspecified atom stereocenters. The van der Waals surface area contributed by atoms with E-state index >= 15 is 0 Å². The van der Waals surface area contributed by atoms with Crippen LogP contribution >= 0.6 is 0 Å². The zero-order chi connectivity index (χ0) is 16.5. The highest BCUT2D eigenvalue weighted by Crippen LogP contribution is 2.06. The molecule has 1 N–H and O–H groups in total. The van der Waals surface area contributed by atoms with Gasteiger partial charge in [0.05, 0.1) is 19.3 Å². The molecule has 0 aliphatic heterocycles. The first-order chi connectivity index (χ1) is 10.4. The van der Waals surface area contributed by atoms with E-state index in [1.807, 2.05) is 44.2 Å². The molecule has 1 amide bonds. The van der Waals surface area contributed by atoms with Crippen molar-refractivity contribution in [2.75, 3.05) is 7.11 Å². The van der Waals surface area contributed by atoms with Gasteiger partial charge in [-0.05, 0) is 26.3 Å². The summed E-state index contributed by atoms with van der Waals surface area (Å²) in [6.07, 6.45) is -1.31. The highest BCUT2D eigenvalue weighted by molar-refractivity contribution is 5.81. The summed E-state index contributed by atoms with van der Waals surface area (Å²) in [6.45, 7) is 5.51. The molecule has 6 heteroatoms. The maximum Gasteiger partial charge on any atom is 0.408 e. The molecule has 1 rings (SSSR count). The highest BCUT2D eigenvalue weighted by atomic mass is 16.6. The normalized spacial score (nSPS) is 13.3. The molecule has 122 valence electrons. The van der Waals surface area contributed by atoms with Crippen LogP contribution in [0.1, 0.15) is 26.3 Å². The average Bonchev–Trinajstić information content (AvgIpc) is 2.50. The quantitative estimate of drug-likeness (QED) is 0.782. The van der Waals surface area contributed by atoms with E-state index in [0.717, 1.165) is 5.56 Å². The number of carbonyl (C=O) groups excluding carboxylic acids is 2. The fourth-order valence-corrected chi connectivity index (χ4v) is 1.89. The standard InChI is InChI=1S/C16H23NO5/c1-11(2)22-12(3)14(15(18)20-4)17-16(19)21-10-13-8-6-5-7-9-13/h5-9,11-12,14H,10H2,1-4H3,(H,17,19)/t12-,14-/m0/s1. The Balaban J connectivity index is 2.57. The van der Waals surface area contributed by atoms with Crippen LogP contribution in [-0.2, 0) is 25.6 Å². The lowest BCUT2D eigenvalue weighted by Gasteiger charge is -2.24. The van der Waals surface area contributed by atoms with Crippen molar-refractivity contribution in [3.8, 4) is 0 Å². The van der Waals surface area contributed by atoms with Crippen molar-refractivity contribution in [1.29, 1.82) is 0 Å². The summed E-state index contributed by atoms with van der Waals surface area (Å²) in [4.78, 5) is 23.6. The van der Waals surface area contributed by atoms with E-state index in [1.165, 1.54) is 7.11 Å². The van der Waals surface area contributed by atoms with Gasteiger partial charge < -0.3 is 19.5 Å². The lowest BCUT2D eigenvalue weighted by molar-refractivity contribution is -0.147. The monoisotopic (exact) mass is 309 g/mol. The number of methoxy groups -OCH3 is 1. The number of carbonyl (C=O) groups is 2. The topological polar surface area (TPSA) is 73.9 Å². The third-order valence-corrected chi connectivity index (χ3v) is 2.90. The number of ether oxygens (including phenoxy) is 3. The van der Waals surface area contributed by atoms with Crippen molar-refractivity contribution in [3.63, 3.8) is 0 Å². The molecule has 22 heavy (non-hydrogen) atoms. The van der Waals surface area contributed by atoms with E-state index in [2.05, 4.69) is 10.1 Å². The summed E-state index contributed by atoms with van der Waals surface area (Å²) in [5, 5.41) is 2.48. The first kappa shape index (κ1) is 18.0. The molecule has 0 heterocycles. The number of nitrogens with one attached hydrogen (secondary N) is 1. The molecular weight excluding hydrogens is 286 g/mol. The van der Waals surface area contributed by atoms with Crippen LogP contribution in [0.2, 0.25) is 0 Å². The van der Waals surface area contributed by atoms with Crippen molar-refractivity contribution in [3.05, 3.63) is 35.9 Å². The van der Waals surface area contributed by atoms with Crippen LogP contribution in [0.3, 0.4) is 0 Å². The van der Waals surface area contributed by atoms with E-state index in [-0.39, 0.29) is 12.7 Å². The van der Waals surface area contributed by atoms with Crippen LogP contribution in [0.25, 0.3) is 0 Å². The lowest BCUT2D eigenvalue weighted by atomic mass is 10.2. The average molecular weight is 309 g/mol. The van der Waals surface area contributed by atoms with Crippen molar-refractivity contribution in [1.82, 2.24) is 5.32 Å². The largest absolute Gasteiger partial charge is 0.467 e. The zero-order valence-electron chi connectivity index (χ0n) is 13.4. The minimum atomic E-state index is -0.921. The molecule has 0 fully saturated rings. The Labute approximate surface area is 130 Å². The summed E-state index contributed by atoms with van der Waals surface area (Å²) >= 11 is 0. The Morgan fingerprint density at radius 1 is 1.14 bits per heavy atom. The zero-order valence-corrected chi connectivity index (χ0v) is 13.4. The number of amides is 1. The van der Waals surface area contributed by atoms with Gasteiger partial charge in [0.25, 0.3) is 0 Å². The van der Waals surface area contributed by atoms with E-state index in [1.54, 1.807) is 6.92 Å². The van der Waals surface area contributed by atoms with Crippen molar-refractivity contribution >= 4 is 12.1 Å². The Bertz CT molecular complexity index is 475. The minimum Gasteiger partial charge on any atom is -0.467 e. The number of benzene rings is 1. The molecule has 0 bridgehead atoms.